The molecule has 116 valence electrons. The van der Waals surface area contributed by atoms with Crippen LogP contribution in [0, 0.1) is 5.82 Å². The molecule has 2 aromatic rings. The summed E-state index contributed by atoms with van der Waals surface area (Å²) in [4.78, 5) is 12.3. The number of hydrogen-bond acceptors (Lipinski definition) is 4. The zero-order valence-electron chi connectivity index (χ0n) is 12.0. The molecular formula is C15H17FN4O2. The monoisotopic (exact) mass is 304 g/mol. The Balaban J connectivity index is 1.81. The number of carbonyl (C=O) groups excluding carboxylic acids is 1. The van der Waals surface area contributed by atoms with E-state index < -0.39 is 5.54 Å². The number of amides is 1. The lowest BCUT2D eigenvalue weighted by Crippen LogP contribution is -2.50. The van der Waals surface area contributed by atoms with Crippen molar-refractivity contribution in [1.29, 1.82) is 0 Å². The molecule has 6 nitrogen and oxygen atoms in total. The smallest absolute Gasteiger partial charge is 0.242 e. The van der Waals surface area contributed by atoms with Gasteiger partial charge in [0.1, 0.15) is 12.4 Å². The van der Waals surface area contributed by atoms with E-state index in [1.54, 1.807) is 12.3 Å². The minimum absolute atomic E-state index is 0.0813. The molecule has 1 aliphatic rings. The van der Waals surface area contributed by atoms with Crippen molar-refractivity contribution >= 4 is 5.91 Å². The van der Waals surface area contributed by atoms with Crippen molar-refractivity contribution in [2.45, 2.75) is 24.9 Å². The van der Waals surface area contributed by atoms with E-state index in [-0.39, 0.29) is 18.3 Å². The molecule has 0 radical (unpaired) electrons. The zero-order valence-corrected chi connectivity index (χ0v) is 12.0. The number of halogens is 1. The van der Waals surface area contributed by atoms with Gasteiger partial charge in [-0.05, 0) is 30.5 Å². The standard InChI is InChI=1S/C15H17FN4O2/c16-13-3-1-2-12(10-13)15(4-8-22-9-5-15)18-14(21)11-20-7-6-17-19-20/h1-3,6-7,10H,4-5,8-9,11H2,(H,18,21). The molecule has 1 fully saturated rings. The summed E-state index contributed by atoms with van der Waals surface area (Å²) in [5.41, 5.74) is 0.167. The Bertz CT molecular complexity index is 639. The molecule has 2 heterocycles. The first-order valence-corrected chi connectivity index (χ1v) is 7.17. The molecule has 1 N–H and O–H groups in total. The highest BCUT2D eigenvalue weighted by molar-refractivity contribution is 5.76. The lowest BCUT2D eigenvalue weighted by molar-refractivity contribution is -0.125. The lowest BCUT2D eigenvalue weighted by atomic mass is 9.82. The van der Waals surface area contributed by atoms with E-state index in [4.69, 9.17) is 4.74 Å². The molecule has 22 heavy (non-hydrogen) atoms. The first-order valence-electron chi connectivity index (χ1n) is 7.17. The zero-order chi connectivity index (χ0) is 15.4. The Kier molecular flexibility index (Phi) is 4.15. The second-order valence-electron chi connectivity index (χ2n) is 5.35. The summed E-state index contributed by atoms with van der Waals surface area (Å²) >= 11 is 0. The van der Waals surface area contributed by atoms with Crippen LogP contribution in [0.3, 0.4) is 0 Å². The van der Waals surface area contributed by atoms with Gasteiger partial charge in [-0.2, -0.15) is 0 Å². The number of hydrogen-bond donors (Lipinski definition) is 1. The quantitative estimate of drug-likeness (QED) is 0.922. The van der Waals surface area contributed by atoms with E-state index >= 15 is 0 Å². The van der Waals surface area contributed by atoms with E-state index in [1.807, 2.05) is 6.07 Å². The molecule has 1 saturated heterocycles. The third-order valence-corrected chi connectivity index (χ3v) is 3.88. The van der Waals surface area contributed by atoms with Gasteiger partial charge in [0.2, 0.25) is 5.91 Å². The van der Waals surface area contributed by atoms with Gasteiger partial charge in [-0.25, -0.2) is 9.07 Å². The van der Waals surface area contributed by atoms with Gasteiger partial charge in [0.25, 0.3) is 0 Å². The Labute approximate surface area is 127 Å². The van der Waals surface area contributed by atoms with Crippen molar-refractivity contribution < 1.29 is 13.9 Å². The SMILES string of the molecule is O=C(Cn1ccnn1)NC1(c2cccc(F)c2)CCOCC1. The highest BCUT2D eigenvalue weighted by Crippen LogP contribution is 2.32. The van der Waals surface area contributed by atoms with Crippen molar-refractivity contribution in [3.05, 3.63) is 48.0 Å². The molecule has 7 heteroatoms. The molecule has 1 aromatic carbocycles. The molecule has 0 unspecified atom stereocenters. The van der Waals surface area contributed by atoms with E-state index in [0.29, 0.717) is 26.1 Å². The van der Waals surface area contributed by atoms with Crippen molar-refractivity contribution in [2.75, 3.05) is 13.2 Å². The normalized spacial score (nSPS) is 17.1. The number of ether oxygens (including phenoxy) is 1. The molecule has 0 spiro atoms. The van der Waals surface area contributed by atoms with Crippen molar-refractivity contribution in [3.63, 3.8) is 0 Å². The molecular weight excluding hydrogens is 287 g/mol. The Morgan fingerprint density at radius 2 is 2.23 bits per heavy atom. The van der Waals surface area contributed by atoms with Gasteiger partial charge in [0.05, 0.1) is 11.7 Å². The summed E-state index contributed by atoms with van der Waals surface area (Å²) in [6, 6.07) is 6.37. The van der Waals surface area contributed by atoms with E-state index in [0.717, 1.165) is 5.56 Å². The summed E-state index contributed by atoms with van der Waals surface area (Å²) in [5.74, 6) is -0.495. The van der Waals surface area contributed by atoms with Gasteiger partial charge >= 0.3 is 0 Å². The van der Waals surface area contributed by atoms with E-state index in [2.05, 4.69) is 15.6 Å². The summed E-state index contributed by atoms with van der Waals surface area (Å²) in [6.07, 6.45) is 4.36. The topological polar surface area (TPSA) is 69.0 Å². The lowest BCUT2D eigenvalue weighted by Gasteiger charge is -2.38. The van der Waals surface area contributed by atoms with Crippen LogP contribution in [0.5, 0.6) is 0 Å². The molecule has 0 saturated carbocycles. The predicted octanol–water partition coefficient (Wildman–Crippen LogP) is 1.24. The largest absolute Gasteiger partial charge is 0.381 e. The van der Waals surface area contributed by atoms with Crippen LogP contribution >= 0.6 is 0 Å². The fourth-order valence-corrected chi connectivity index (χ4v) is 2.76. The highest BCUT2D eigenvalue weighted by atomic mass is 19.1. The molecule has 1 amide bonds. The Hall–Kier alpha value is -2.28. The minimum Gasteiger partial charge on any atom is -0.381 e. The first-order chi connectivity index (χ1) is 10.7. The molecule has 1 aromatic heterocycles. The van der Waals surface area contributed by atoms with Crippen molar-refractivity contribution in [1.82, 2.24) is 20.3 Å². The van der Waals surface area contributed by atoms with E-state index in [9.17, 15) is 9.18 Å². The molecule has 0 atom stereocenters. The average Bonchev–Trinajstić information content (AvgIpc) is 3.01. The van der Waals surface area contributed by atoms with Crippen molar-refractivity contribution in [2.24, 2.45) is 0 Å². The summed E-state index contributed by atoms with van der Waals surface area (Å²) < 4.78 is 20.4. The number of rotatable bonds is 4. The van der Waals surface area contributed by atoms with Crippen LogP contribution in [0.2, 0.25) is 0 Å². The third kappa shape index (κ3) is 3.14. The number of carbonyl (C=O) groups is 1. The van der Waals surface area contributed by atoms with Crippen LogP contribution in [-0.4, -0.2) is 34.1 Å². The summed E-state index contributed by atoms with van der Waals surface area (Å²) in [6.45, 7) is 1.14. The van der Waals surface area contributed by atoms with Crippen LogP contribution in [0.15, 0.2) is 36.7 Å². The number of nitrogens with zero attached hydrogens (tertiary/aromatic N) is 3. The summed E-state index contributed by atoms with van der Waals surface area (Å²) in [5, 5.41) is 10.5. The minimum atomic E-state index is -0.599. The van der Waals surface area contributed by atoms with Crippen molar-refractivity contribution in [3.8, 4) is 0 Å². The summed E-state index contributed by atoms with van der Waals surface area (Å²) in [7, 11) is 0. The number of benzene rings is 1. The van der Waals surface area contributed by atoms with Crippen LogP contribution in [0.25, 0.3) is 0 Å². The predicted molar refractivity (Wildman–Crippen MR) is 76.3 cm³/mol. The molecule has 0 aliphatic carbocycles. The number of nitrogens with one attached hydrogen (secondary N) is 1. The molecule has 1 aliphatic heterocycles. The number of aromatic nitrogens is 3. The van der Waals surface area contributed by atoms with Gasteiger partial charge in [-0.15, -0.1) is 5.10 Å². The van der Waals surface area contributed by atoms with Crippen LogP contribution in [-0.2, 0) is 21.6 Å². The first kappa shape index (κ1) is 14.6. The van der Waals surface area contributed by atoms with Crippen LogP contribution < -0.4 is 5.32 Å². The third-order valence-electron chi connectivity index (χ3n) is 3.88. The second kappa shape index (κ2) is 6.23. The maximum atomic E-state index is 13.6. The highest BCUT2D eigenvalue weighted by Gasteiger charge is 2.36. The Morgan fingerprint density at radius 1 is 1.41 bits per heavy atom. The van der Waals surface area contributed by atoms with Gasteiger partial charge < -0.3 is 10.1 Å². The van der Waals surface area contributed by atoms with Gasteiger partial charge in [-0.3, -0.25) is 4.79 Å². The average molecular weight is 304 g/mol. The van der Waals surface area contributed by atoms with Gasteiger partial charge in [0.15, 0.2) is 0 Å². The maximum absolute atomic E-state index is 13.6. The second-order valence-corrected chi connectivity index (χ2v) is 5.35. The maximum Gasteiger partial charge on any atom is 0.242 e. The fraction of sp³-hybridized carbons (Fsp3) is 0.400. The van der Waals surface area contributed by atoms with Gasteiger partial charge in [-0.1, -0.05) is 17.3 Å². The van der Waals surface area contributed by atoms with Crippen LogP contribution in [0.1, 0.15) is 18.4 Å². The van der Waals surface area contributed by atoms with E-state index in [1.165, 1.54) is 23.0 Å². The van der Waals surface area contributed by atoms with Crippen LogP contribution in [0.4, 0.5) is 4.39 Å². The molecule has 3 rings (SSSR count). The molecule has 0 bridgehead atoms. The Morgan fingerprint density at radius 3 is 2.91 bits per heavy atom. The van der Waals surface area contributed by atoms with Gasteiger partial charge in [0, 0.05) is 19.4 Å². The fourth-order valence-electron chi connectivity index (χ4n) is 2.76.